The van der Waals surface area contributed by atoms with Crippen LogP contribution in [0.2, 0.25) is 0 Å². The van der Waals surface area contributed by atoms with Crippen LogP contribution in [0.15, 0.2) is 41.0 Å². The normalized spacial score (nSPS) is 18.2. The van der Waals surface area contributed by atoms with Gasteiger partial charge >= 0.3 is 0 Å². The summed E-state index contributed by atoms with van der Waals surface area (Å²) in [6.07, 6.45) is 1.91. The fourth-order valence-electron chi connectivity index (χ4n) is 1.16. The van der Waals surface area contributed by atoms with E-state index >= 15 is 0 Å². The van der Waals surface area contributed by atoms with E-state index in [0.717, 1.165) is 11.3 Å². The van der Waals surface area contributed by atoms with Gasteiger partial charge in [-0.1, -0.05) is 41.9 Å². The van der Waals surface area contributed by atoms with Crippen LogP contribution in [0, 0.1) is 0 Å². The number of allylic oxidation sites excluding steroid dienone is 1. The van der Waals surface area contributed by atoms with E-state index in [2.05, 4.69) is 10.3 Å². The van der Waals surface area contributed by atoms with Crippen molar-refractivity contribution in [2.75, 3.05) is 0 Å². The number of aliphatic imine (C=N–C) groups is 1. The number of hydrogen-bond acceptors (Lipinski definition) is 1. The molecule has 0 unspecified atom stereocenters. The molecule has 1 aromatic rings. The molecule has 70 valence electrons. The van der Waals surface area contributed by atoms with Crippen LogP contribution in [0.4, 0.5) is 0 Å². The number of nitrogens with one attached hydrogen (secondary N) is 1. The first kappa shape index (κ1) is 9.37. The van der Waals surface area contributed by atoms with Crippen molar-refractivity contribution in [3.8, 4) is 0 Å². The maximum atomic E-state index is 5.85. The average Bonchev–Trinajstić information content (AvgIpc) is 2.47. The second-order valence-corrected chi connectivity index (χ2v) is 3.55. The van der Waals surface area contributed by atoms with E-state index in [9.17, 15) is 0 Å². The summed E-state index contributed by atoms with van der Waals surface area (Å²) >= 11 is 10.7. The molecule has 0 saturated carbocycles. The number of thiocarbonyl (C=S) groups is 1. The van der Waals surface area contributed by atoms with Crippen LogP contribution < -0.4 is 5.32 Å². The largest absolute Gasteiger partial charge is 0.328 e. The standard InChI is InChI=1S/C10H7ClN2S/c11-9-8(12-10(14)13-9)6-7-4-2-1-3-5-7/h1-6H,(H,12,14)/b8-6+. The quantitative estimate of drug-likeness (QED) is 0.739. The first-order valence-corrected chi connectivity index (χ1v) is 4.86. The molecule has 2 rings (SSSR count). The van der Waals surface area contributed by atoms with Gasteiger partial charge in [-0.3, -0.25) is 0 Å². The Kier molecular flexibility index (Phi) is 2.61. The summed E-state index contributed by atoms with van der Waals surface area (Å²) in [5, 5.41) is 3.74. The highest BCUT2D eigenvalue weighted by molar-refractivity contribution is 7.80. The zero-order valence-electron chi connectivity index (χ0n) is 7.20. The van der Waals surface area contributed by atoms with Crippen LogP contribution in [0.5, 0.6) is 0 Å². The van der Waals surface area contributed by atoms with Crippen molar-refractivity contribution in [3.05, 3.63) is 41.6 Å². The molecule has 1 heterocycles. The first-order chi connectivity index (χ1) is 6.75. The van der Waals surface area contributed by atoms with Gasteiger partial charge in [-0.05, 0) is 23.9 Å². The SMILES string of the molecule is S=C1N=C(Cl)/C(=C\c2ccccc2)N1. The van der Waals surface area contributed by atoms with Gasteiger partial charge in [-0.15, -0.1) is 0 Å². The predicted molar refractivity (Wildman–Crippen MR) is 63.4 cm³/mol. The lowest BCUT2D eigenvalue weighted by Gasteiger charge is -1.97. The number of nitrogens with zero attached hydrogens (tertiary/aromatic N) is 1. The zero-order chi connectivity index (χ0) is 9.97. The molecular weight excluding hydrogens is 216 g/mol. The molecule has 0 spiro atoms. The molecule has 0 radical (unpaired) electrons. The van der Waals surface area contributed by atoms with E-state index in [1.165, 1.54) is 0 Å². The average molecular weight is 223 g/mol. The molecule has 0 fully saturated rings. The highest BCUT2D eigenvalue weighted by Crippen LogP contribution is 2.12. The molecule has 2 nitrogen and oxygen atoms in total. The third kappa shape index (κ3) is 2.00. The fraction of sp³-hybridized carbons (Fsp3) is 0. The molecule has 4 heteroatoms. The summed E-state index contributed by atoms with van der Waals surface area (Å²) in [6, 6.07) is 9.86. The summed E-state index contributed by atoms with van der Waals surface area (Å²) < 4.78 is 0. The maximum Gasteiger partial charge on any atom is 0.198 e. The van der Waals surface area contributed by atoms with E-state index in [0.29, 0.717) is 10.3 Å². The van der Waals surface area contributed by atoms with E-state index in [1.807, 2.05) is 36.4 Å². The molecule has 0 aliphatic carbocycles. The summed E-state index contributed by atoms with van der Waals surface area (Å²) in [7, 11) is 0. The second kappa shape index (κ2) is 3.90. The summed E-state index contributed by atoms with van der Waals surface area (Å²) in [5.41, 5.74) is 1.82. The van der Waals surface area contributed by atoms with E-state index < -0.39 is 0 Å². The van der Waals surface area contributed by atoms with Crippen LogP contribution in [0.25, 0.3) is 6.08 Å². The van der Waals surface area contributed by atoms with Crippen molar-refractivity contribution >= 4 is 40.2 Å². The molecule has 0 aromatic heterocycles. The summed E-state index contributed by atoms with van der Waals surface area (Å²) in [6.45, 7) is 0. The van der Waals surface area contributed by atoms with Gasteiger partial charge in [0.25, 0.3) is 0 Å². The van der Waals surface area contributed by atoms with Crippen molar-refractivity contribution in [2.24, 2.45) is 4.99 Å². The Hall–Kier alpha value is -1.19. The lowest BCUT2D eigenvalue weighted by Crippen LogP contribution is -2.12. The van der Waals surface area contributed by atoms with Crippen LogP contribution in [0.3, 0.4) is 0 Å². The highest BCUT2D eigenvalue weighted by atomic mass is 35.5. The van der Waals surface area contributed by atoms with E-state index in [4.69, 9.17) is 23.8 Å². The number of halogens is 1. The monoisotopic (exact) mass is 222 g/mol. The third-order valence-electron chi connectivity index (χ3n) is 1.77. The Balaban J connectivity index is 2.29. The minimum Gasteiger partial charge on any atom is -0.328 e. The van der Waals surface area contributed by atoms with Crippen molar-refractivity contribution in [3.63, 3.8) is 0 Å². The minimum absolute atomic E-state index is 0.414. The van der Waals surface area contributed by atoms with Crippen LogP contribution in [-0.2, 0) is 0 Å². The number of rotatable bonds is 1. The lowest BCUT2D eigenvalue weighted by atomic mass is 10.2. The molecule has 0 atom stereocenters. The molecular formula is C10H7ClN2S. The molecule has 1 aromatic carbocycles. The van der Waals surface area contributed by atoms with Crippen LogP contribution in [-0.4, -0.2) is 10.3 Å². The van der Waals surface area contributed by atoms with Gasteiger partial charge in [-0.25, -0.2) is 4.99 Å². The Labute approximate surface area is 92.3 Å². The molecule has 0 bridgehead atoms. The molecule has 1 aliphatic heterocycles. The summed E-state index contributed by atoms with van der Waals surface area (Å²) in [5.74, 6) is 0. The Morgan fingerprint density at radius 1 is 1.29 bits per heavy atom. The van der Waals surface area contributed by atoms with Gasteiger partial charge in [-0.2, -0.15) is 0 Å². The van der Waals surface area contributed by atoms with Gasteiger partial charge in [0, 0.05) is 0 Å². The smallest absolute Gasteiger partial charge is 0.198 e. The van der Waals surface area contributed by atoms with Gasteiger partial charge in [0.05, 0.1) is 5.70 Å². The van der Waals surface area contributed by atoms with Crippen molar-refractivity contribution in [1.29, 1.82) is 0 Å². The Bertz CT molecular complexity index is 423. The fourth-order valence-corrected chi connectivity index (χ4v) is 1.59. The van der Waals surface area contributed by atoms with E-state index in [1.54, 1.807) is 0 Å². The summed E-state index contributed by atoms with van der Waals surface area (Å²) in [4.78, 5) is 3.90. The van der Waals surface area contributed by atoms with Crippen LogP contribution in [0.1, 0.15) is 5.56 Å². The molecule has 1 aliphatic rings. The Morgan fingerprint density at radius 3 is 2.57 bits per heavy atom. The van der Waals surface area contributed by atoms with Gasteiger partial charge < -0.3 is 5.32 Å². The zero-order valence-corrected chi connectivity index (χ0v) is 8.77. The van der Waals surface area contributed by atoms with Crippen molar-refractivity contribution < 1.29 is 0 Å². The topological polar surface area (TPSA) is 24.4 Å². The number of hydrogen-bond donors (Lipinski definition) is 1. The van der Waals surface area contributed by atoms with Crippen molar-refractivity contribution in [2.45, 2.75) is 0 Å². The second-order valence-electron chi connectivity index (χ2n) is 2.80. The molecule has 1 N–H and O–H groups in total. The highest BCUT2D eigenvalue weighted by Gasteiger charge is 2.13. The maximum absolute atomic E-state index is 5.85. The lowest BCUT2D eigenvalue weighted by molar-refractivity contribution is 1.28. The Morgan fingerprint density at radius 2 is 2.00 bits per heavy atom. The molecule has 14 heavy (non-hydrogen) atoms. The van der Waals surface area contributed by atoms with E-state index in [-0.39, 0.29) is 0 Å². The van der Waals surface area contributed by atoms with Gasteiger partial charge in [0.2, 0.25) is 0 Å². The van der Waals surface area contributed by atoms with Crippen LogP contribution >= 0.6 is 23.8 Å². The number of benzene rings is 1. The minimum atomic E-state index is 0.414. The van der Waals surface area contributed by atoms with Gasteiger partial charge in [0.1, 0.15) is 0 Å². The van der Waals surface area contributed by atoms with Crippen molar-refractivity contribution in [1.82, 2.24) is 5.32 Å². The molecule has 0 saturated heterocycles. The molecule has 0 amide bonds. The third-order valence-corrected chi connectivity index (χ3v) is 2.26. The first-order valence-electron chi connectivity index (χ1n) is 4.08. The van der Waals surface area contributed by atoms with Gasteiger partial charge in [0.15, 0.2) is 10.3 Å². The predicted octanol–water partition coefficient (Wildman–Crippen LogP) is 2.55.